The third-order valence-corrected chi connectivity index (χ3v) is 8.02. The Bertz CT molecular complexity index is 1500. The van der Waals surface area contributed by atoms with Crippen LogP contribution in [0.25, 0.3) is 0 Å². The van der Waals surface area contributed by atoms with Crippen molar-refractivity contribution in [2.75, 3.05) is 32.2 Å². The maximum absolute atomic E-state index is 14.6. The number of aromatic nitrogens is 3. The molecule has 208 valence electrons. The van der Waals surface area contributed by atoms with Gasteiger partial charge in [-0.2, -0.15) is 0 Å². The molecular formula is C28H29FN6O4S. The standard InChI is InChI=1S/C28H29FN6O4S/c1-15-14-31-28(34-21(15)27(37)39-4)35-11-8-17(9-12-35)22-20(26(36)38-3)23(18-6-5-7-19(29)16(18)2)33-24(32-22)25-30-10-13-40-25/h5-7,10,13-14,17,23H,8-9,11-12H2,1-4H3,(H,32,33). The zero-order chi connectivity index (χ0) is 28.4. The van der Waals surface area contributed by atoms with Gasteiger partial charge in [-0.15, -0.1) is 11.3 Å². The molecule has 1 saturated heterocycles. The molecule has 3 aromatic rings. The first-order chi connectivity index (χ1) is 19.3. The Morgan fingerprint density at radius 2 is 1.85 bits per heavy atom. The van der Waals surface area contributed by atoms with Gasteiger partial charge in [-0.1, -0.05) is 12.1 Å². The largest absolute Gasteiger partial charge is 0.466 e. The lowest BCUT2D eigenvalue weighted by atomic mass is 9.85. The number of anilines is 1. The molecule has 5 rings (SSSR count). The number of piperidine rings is 1. The lowest BCUT2D eigenvalue weighted by Crippen LogP contribution is -2.42. The van der Waals surface area contributed by atoms with E-state index in [1.807, 2.05) is 10.3 Å². The van der Waals surface area contributed by atoms with Gasteiger partial charge in [-0.05, 0) is 43.9 Å². The molecule has 1 unspecified atom stereocenters. The quantitative estimate of drug-likeness (QED) is 0.445. The molecule has 0 saturated carbocycles. The van der Waals surface area contributed by atoms with Crippen molar-refractivity contribution in [3.8, 4) is 0 Å². The molecule has 1 atom stereocenters. The molecule has 1 aromatic carbocycles. The van der Waals surface area contributed by atoms with E-state index in [2.05, 4.69) is 20.3 Å². The SMILES string of the molecule is COC(=O)C1=C(C2CCN(c3ncc(C)c(C(=O)OC)n3)CC2)NC(c2nccs2)=NC1c1cccc(F)c1C. The summed E-state index contributed by atoms with van der Waals surface area (Å²) in [6.45, 7) is 4.61. The summed E-state index contributed by atoms with van der Waals surface area (Å²) in [6, 6.07) is 4.03. The Balaban J connectivity index is 1.50. The summed E-state index contributed by atoms with van der Waals surface area (Å²) in [5.74, 6) is -0.490. The van der Waals surface area contributed by atoms with Gasteiger partial charge < -0.3 is 19.7 Å². The van der Waals surface area contributed by atoms with Crippen LogP contribution in [0.1, 0.15) is 51.1 Å². The molecule has 0 spiro atoms. The second kappa shape index (κ2) is 11.5. The highest BCUT2D eigenvalue weighted by molar-refractivity contribution is 7.11. The maximum atomic E-state index is 14.6. The van der Waals surface area contributed by atoms with E-state index in [0.717, 1.165) is 0 Å². The van der Waals surface area contributed by atoms with Crippen LogP contribution in [0, 0.1) is 25.6 Å². The van der Waals surface area contributed by atoms with Crippen LogP contribution in [0.3, 0.4) is 0 Å². The fourth-order valence-electron chi connectivity index (χ4n) is 5.07. The zero-order valence-electron chi connectivity index (χ0n) is 22.6. The molecule has 40 heavy (non-hydrogen) atoms. The monoisotopic (exact) mass is 564 g/mol. The normalized spacial score (nSPS) is 17.8. The van der Waals surface area contributed by atoms with E-state index in [4.69, 9.17) is 14.5 Å². The van der Waals surface area contributed by atoms with Crippen LogP contribution < -0.4 is 10.2 Å². The number of amidine groups is 1. The smallest absolute Gasteiger partial charge is 0.357 e. The average molecular weight is 565 g/mol. The first-order valence-electron chi connectivity index (χ1n) is 12.8. The van der Waals surface area contributed by atoms with Gasteiger partial charge >= 0.3 is 11.9 Å². The van der Waals surface area contributed by atoms with Crippen LogP contribution in [0.5, 0.6) is 0 Å². The predicted octanol–water partition coefficient (Wildman–Crippen LogP) is 3.91. The van der Waals surface area contributed by atoms with E-state index >= 15 is 0 Å². The van der Waals surface area contributed by atoms with E-state index in [9.17, 15) is 14.0 Å². The molecule has 0 bridgehead atoms. The summed E-state index contributed by atoms with van der Waals surface area (Å²) >= 11 is 1.42. The van der Waals surface area contributed by atoms with E-state index in [-0.39, 0.29) is 17.4 Å². The first kappa shape index (κ1) is 27.4. The minimum Gasteiger partial charge on any atom is -0.466 e. The second-order valence-corrected chi connectivity index (χ2v) is 10.5. The van der Waals surface area contributed by atoms with Crippen LogP contribution in [0.2, 0.25) is 0 Å². The van der Waals surface area contributed by atoms with Crippen molar-refractivity contribution in [3.63, 3.8) is 0 Å². The van der Waals surface area contributed by atoms with Crippen LogP contribution in [0.15, 0.2) is 52.2 Å². The number of methoxy groups -OCH3 is 2. The molecule has 10 nitrogen and oxygen atoms in total. The van der Waals surface area contributed by atoms with Crippen molar-refractivity contribution in [1.82, 2.24) is 20.3 Å². The Labute approximate surface area is 235 Å². The Morgan fingerprint density at radius 3 is 2.52 bits per heavy atom. The molecule has 2 aliphatic heterocycles. The molecule has 2 aromatic heterocycles. The third-order valence-electron chi connectivity index (χ3n) is 7.24. The lowest BCUT2D eigenvalue weighted by Gasteiger charge is -2.36. The topological polar surface area (TPSA) is 119 Å². The van der Waals surface area contributed by atoms with Gasteiger partial charge in [0.2, 0.25) is 5.95 Å². The van der Waals surface area contributed by atoms with Crippen molar-refractivity contribution in [3.05, 3.63) is 80.5 Å². The number of carbonyl (C=O) groups is 2. The zero-order valence-corrected chi connectivity index (χ0v) is 23.4. The summed E-state index contributed by atoms with van der Waals surface area (Å²) < 4.78 is 24.7. The first-order valence-corrected chi connectivity index (χ1v) is 13.7. The fraction of sp³-hybridized carbons (Fsp3) is 0.357. The van der Waals surface area contributed by atoms with E-state index in [0.29, 0.717) is 70.7 Å². The molecule has 0 radical (unpaired) electrons. The van der Waals surface area contributed by atoms with Crippen molar-refractivity contribution in [2.45, 2.75) is 32.7 Å². The van der Waals surface area contributed by atoms with E-state index < -0.39 is 18.0 Å². The van der Waals surface area contributed by atoms with Gasteiger partial charge in [0, 0.05) is 48.0 Å². The Morgan fingerprint density at radius 1 is 1.10 bits per heavy atom. The summed E-state index contributed by atoms with van der Waals surface area (Å²) in [5, 5.41) is 5.91. The summed E-state index contributed by atoms with van der Waals surface area (Å²) in [5.41, 5.74) is 2.93. The van der Waals surface area contributed by atoms with Gasteiger partial charge in [0.1, 0.15) is 11.9 Å². The molecule has 0 amide bonds. The van der Waals surface area contributed by atoms with Gasteiger partial charge in [0.15, 0.2) is 16.5 Å². The van der Waals surface area contributed by atoms with Gasteiger partial charge in [0.25, 0.3) is 0 Å². The van der Waals surface area contributed by atoms with Crippen LogP contribution >= 0.6 is 11.3 Å². The number of hydrogen-bond acceptors (Lipinski definition) is 11. The number of nitrogens with one attached hydrogen (secondary N) is 1. The molecule has 1 fully saturated rings. The highest BCUT2D eigenvalue weighted by atomic mass is 32.1. The Kier molecular flexibility index (Phi) is 7.88. The maximum Gasteiger partial charge on any atom is 0.357 e. The van der Waals surface area contributed by atoms with Crippen LogP contribution in [0.4, 0.5) is 10.3 Å². The number of ether oxygens (including phenoxy) is 2. The Hall–Kier alpha value is -4.19. The van der Waals surface area contributed by atoms with Crippen molar-refractivity contribution >= 4 is 35.1 Å². The molecule has 12 heteroatoms. The lowest BCUT2D eigenvalue weighted by molar-refractivity contribution is -0.136. The molecule has 4 heterocycles. The number of nitrogens with zero attached hydrogens (tertiary/aromatic N) is 5. The molecule has 1 N–H and O–H groups in total. The molecule has 2 aliphatic rings. The fourth-order valence-corrected chi connectivity index (χ4v) is 5.66. The van der Waals surface area contributed by atoms with Crippen LogP contribution in [-0.2, 0) is 14.3 Å². The number of allylic oxidation sites excluding steroid dienone is 1. The number of aryl methyl sites for hydroxylation is 1. The second-order valence-electron chi connectivity index (χ2n) is 9.57. The number of rotatable bonds is 6. The van der Waals surface area contributed by atoms with Crippen LogP contribution in [-0.4, -0.2) is 60.0 Å². The van der Waals surface area contributed by atoms with E-state index in [1.54, 1.807) is 38.4 Å². The van der Waals surface area contributed by atoms with Crippen molar-refractivity contribution in [1.29, 1.82) is 0 Å². The minimum atomic E-state index is -0.764. The number of carbonyl (C=O) groups excluding carboxylic acids is 2. The highest BCUT2D eigenvalue weighted by Crippen LogP contribution is 2.39. The average Bonchev–Trinajstić information content (AvgIpc) is 3.53. The minimum absolute atomic E-state index is 0.0577. The van der Waals surface area contributed by atoms with Crippen molar-refractivity contribution in [2.24, 2.45) is 10.9 Å². The number of halogens is 1. The van der Waals surface area contributed by atoms with E-state index in [1.165, 1.54) is 31.6 Å². The molecule has 0 aliphatic carbocycles. The number of esters is 2. The molecular weight excluding hydrogens is 535 g/mol. The highest BCUT2D eigenvalue weighted by Gasteiger charge is 2.37. The van der Waals surface area contributed by atoms with Gasteiger partial charge in [-0.3, -0.25) is 4.99 Å². The number of aliphatic imine (C=N–C) groups is 1. The predicted molar refractivity (Wildman–Crippen MR) is 148 cm³/mol. The number of thiazole rings is 1. The number of benzene rings is 1. The number of hydrogen-bond donors (Lipinski definition) is 1. The summed E-state index contributed by atoms with van der Waals surface area (Å²) in [6.07, 6.45) is 4.62. The summed E-state index contributed by atoms with van der Waals surface area (Å²) in [4.78, 5) is 45.6. The van der Waals surface area contributed by atoms with Gasteiger partial charge in [-0.25, -0.2) is 28.9 Å². The third kappa shape index (κ3) is 5.18. The van der Waals surface area contributed by atoms with Crippen molar-refractivity contribution < 1.29 is 23.5 Å². The summed E-state index contributed by atoms with van der Waals surface area (Å²) in [7, 11) is 2.65. The van der Waals surface area contributed by atoms with Gasteiger partial charge in [0.05, 0.1) is 19.8 Å².